The lowest BCUT2D eigenvalue weighted by Gasteiger charge is -2.13. The Hall–Kier alpha value is -2.69. The number of carbonyl (C=O) groups excluding carboxylic acids is 1. The first kappa shape index (κ1) is 16.8. The van der Waals surface area contributed by atoms with E-state index < -0.39 is 0 Å². The highest BCUT2D eigenvalue weighted by atomic mass is 16.7. The molecule has 0 spiro atoms. The molecule has 5 heteroatoms. The number of anilines is 1. The van der Waals surface area contributed by atoms with Crippen molar-refractivity contribution in [1.29, 1.82) is 0 Å². The van der Waals surface area contributed by atoms with Crippen molar-refractivity contribution in [3.63, 3.8) is 0 Å². The van der Waals surface area contributed by atoms with E-state index in [-0.39, 0.29) is 12.7 Å². The van der Waals surface area contributed by atoms with E-state index in [9.17, 15) is 4.79 Å². The predicted octanol–water partition coefficient (Wildman–Crippen LogP) is 4.31. The first-order chi connectivity index (χ1) is 12.8. The Labute approximate surface area is 153 Å². The van der Waals surface area contributed by atoms with Crippen LogP contribution in [-0.2, 0) is 11.2 Å². The van der Waals surface area contributed by atoms with Crippen LogP contribution in [0.2, 0.25) is 0 Å². The lowest BCUT2D eigenvalue weighted by atomic mass is 10.1. The molecule has 136 valence electrons. The van der Waals surface area contributed by atoms with Gasteiger partial charge in [-0.15, -0.1) is 0 Å². The standard InChI is InChI=1S/C21H23NO4/c23-21(12-6-15-5-11-19-20(13-15)25-14-24-19)22-16-7-9-18(10-8-16)26-17-3-1-2-4-17/h5,7-11,13,17H,1-4,6,12,14H2,(H,22,23). The molecule has 2 aromatic rings. The lowest BCUT2D eigenvalue weighted by Crippen LogP contribution is -2.13. The fraction of sp³-hybridized carbons (Fsp3) is 0.381. The van der Waals surface area contributed by atoms with Crippen molar-refractivity contribution in [1.82, 2.24) is 0 Å². The van der Waals surface area contributed by atoms with Crippen molar-refractivity contribution >= 4 is 11.6 Å². The third-order valence-electron chi connectivity index (χ3n) is 4.82. The molecule has 1 amide bonds. The highest BCUT2D eigenvalue weighted by molar-refractivity contribution is 5.90. The monoisotopic (exact) mass is 353 g/mol. The third-order valence-corrected chi connectivity index (χ3v) is 4.82. The maximum absolute atomic E-state index is 12.2. The van der Waals surface area contributed by atoms with Gasteiger partial charge in [0.1, 0.15) is 5.75 Å². The SMILES string of the molecule is O=C(CCc1ccc2c(c1)OCO2)Nc1ccc(OC2CCCC2)cc1. The number of amides is 1. The molecular formula is C21H23NO4. The second-order valence-electron chi connectivity index (χ2n) is 6.78. The quantitative estimate of drug-likeness (QED) is 0.841. The minimum absolute atomic E-state index is 0.00729. The molecule has 0 radical (unpaired) electrons. The summed E-state index contributed by atoms with van der Waals surface area (Å²) in [6.07, 6.45) is 6.20. The summed E-state index contributed by atoms with van der Waals surface area (Å²) in [5.74, 6) is 2.38. The first-order valence-corrected chi connectivity index (χ1v) is 9.21. The molecule has 1 aliphatic carbocycles. The van der Waals surface area contributed by atoms with Crippen molar-refractivity contribution in [2.45, 2.75) is 44.6 Å². The number of nitrogens with one attached hydrogen (secondary N) is 1. The smallest absolute Gasteiger partial charge is 0.231 e. The fourth-order valence-electron chi connectivity index (χ4n) is 3.39. The molecule has 1 aliphatic heterocycles. The summed E-state index contributed by atoms with van der Waals surface area (Å²) in [6.45, 7) is 0.264. The van der Waals surface area contributed by atoms with Gasteiger partial charge in [0.05, 0.1) is 6.10 Å². The van der Waals surface area contributed by atoms with Gasteiger partial charge in [-0.3, -0.25) is 4.79 Å². The van der Waals surface area contributed by atoms with Gasteiger partial charge in [-0.2, -0.15) is 0 Å². The Bertz CT molecular complexity index is 766. The fourth-order valence-corrected chi connectivity index (χ4v) is 3.39. The number of rotatable bonds is 6. The minimum atomic E-state index is -0.00729. The van der Waals surface area contributed by atoms with E-state index in [4.69, 9.17) is 14.2 Å². The molecule has 5 nitrogen and oxygen atoms in total. The molecule has 0 unspecified atom stereocenters. The first-order valence-electron chi connectivity index (χ1n) is 9.21. The van der Waals surface area contributed by atoms with Gasteiger partial charge in [-0.25, -0.2) is 0 Å². The van der Waals surface area contributed by atoms with Gasteiger partial charge in [0.25, 0.3) is 0 Å². The molecule has 0 atom stereocenters. The second kappa shape index (κ2) is 7.68. The van der Waals surface area contributed by atoms with Crippen molar-refractivity contribution in [2.24, 2.45) is 0 Å². The van der Waals surface area contributed by atoms with Gasteiger partial charge in [0, 0.05) is 12.1 Å². The zero-order valence-corrected chi connectivity index (χ0v) is 14.7. The molecule has 0 bridgehead atoms. The predicted molar refractivity (Wildman–Crippen MR) is 98.8 cm³/mol. The molecule has 2 aliphatic rings. The Balaban J connectivity index is 1.26. The van der Waals surface area contributed by atoms with Crippen molar-refractivity contribution in [3.05, 3.63) is 48.0 Å². The van der Waals surface area contributed by atoms with Gasteiger partial charge in [-0.05, 0) is 74.1 Å². The summed E-state index contributed by atoms with van der Waals surface area (Å²) in [4.78, 5) is 12.2. The number of hydrogen-bond donors (Lipinski definition) is 1. The average molecular weight is 353 g/mol. The maximum atomic E-state index is 12.2. The minimum Gasteiger partial charge on any atom is -0.490 e. The van der Waals surface area contributed by atoms with Crippen LogP contribution in [0, 0.1) is 0 Å². The molecule has 1 N–H and O–H groups in total. The maximum Gasteiger partial charge on any atom is 0.231 e. The normalized spacial score (nSPS) is 15.8. The summed E-state index contributed by atoms with van der Waals surface area (Å²) in [7, 11) is 0. The zero-order chi connectivity index (χ0) is 17.8. The van der Waals surface area contributed by atoms with Crippen molar-refractivity contribution in [2.75, 3.05) is 12.1 Å². The zero-order valence-electron chi connectivity index (χ0n) is 14.7. The van der Waals surface area contributed by atoms with Crippen LogP contribution < -0.4 is 19.5 Å². The molecule has 4 rings (SSSR count). The largest absolute Gasteiger partial charge is 0.490 e. The molecular weight excluding hydrogens is 330 g/mol. The molecule has 1 saturated carbocycles. The molecule has 2 aromatic carbocycles. The molecule has 26 heavy (non-hydrogen) atoms. The van der Waals surface area contributed by atoms with Crippen LogP contribution in [0.1, 0.15) is 37.7 Å². The Morgan fingerprint density at radius 2 is 1.81 bits per heavy atom. The van der Waals surface area contributed by atoms with Crippen LogP contribution in [0.15, 0.2) is 42.5 Å². The lowest BCUT2D eigenvalue weighted by molar-refractivity contribution is -0.116. The van der Waals surface area contributed by atoms with E-state index in [1.807, 2.05) is 42.5 Å². The van der Waals surface area contributed by atoms with Crippen LogP contribution in [0.25, 0.3) is 0 Å². The molecule has 1 heterocycles. The summed E-state index contributed by atoms with van der Waals surface area (Å²) < 4.78 is 16.6. The van der Waals surface area contributed by atoms with Crippen molar-refractivity contribution in [3.8, 4) is 17.2 Å². The number of ether oxygens (including phenoxy) is 3. The van der Waals surface area contributed by atoms with Gasteiger partial charge in [-0.1, -0.05) is 6.07 Å². The molecule has 0 aromatic heterocycles. The van der Waals surface area contributed by atoms with Crippen LogP contribution in [0.4, 0.5) is 5.69 Å². The topological polar surface area (TPSA) is 56.8 Å². The number of aryl methyl sites for hydroxylation is 1. The highest BCUT2D eigenvalue weighted by Crippen LogP contribution is 2.32. The summed E-state index contributed by atoms with van der Waals surface area (Å²) in [6, 6.07) is 13.4. The van der Waals surface area contributed by atoms with Crippen LogP contribution in [0.5, 0.6) is 17.2 Å². The number of hydrogen-bond acceptors (Lipinski definition) is 4. The molecule has 1 fully saturated rings. The van der Waals surface area contributed by atoms with Crippen molar-refractivity contribution < 1.29 is 19.0 Å². The highest BCUT2D eigenvalue weighted by Gasteiger charge is 2.16. The Kier molecular flexibility index (Phi) is 4.95. The number of carbonyl (C=O) groups is 1. The number of fused-ring (bicyclic) bond motifs is 1. The van der Waals surface area contributed by atoms with Gasteiger partial charge in [0.15, 0.2) is 11.5 Å². The van der Waals surface area contributed by atoms with E-state index in [1.54, 1.807) is 0 Å². The van der Waals surface area contributed by atoms with E-state index in [0.29, 0.717) is 18.9 Å². The van der Waals surface area contributed by atoms with Gasteiger partial charge >= 0.3 is 0 Å². The molecule has 0 saturated heterocycles. The van der Waals surface area contributed by atoms with Crippen LogP contribution >= 0.6 is 0 Å². The average Bonchev–Trinajstić information content (AvgIpc) is 3.33. The van der Waals surface area contributed by atoms with E-state index in [2.05, 4.69) is 5.32 Å². The Morgan fingerprint density at radius 3 is 2.62 bits per heavy atom. The van der Waals surface area contributed by atoms with Gasteiger partial charge < -0.3 is 19.5 Å². The Morgan fingerprint density at radius 1 is 1.04 bits per heavy atom. The second-order valence-corrected chi connectivity index (χ2v) is 6.78. The van der Waals surface area contributed by atoms with Crippen LogP contribution in [0.3, 0.4) is 0 Å². The van der Waals surface area contributed by atoms with Crippen LogP contribution in [-0.4, -0.2) is 18.8 Å². The third kappa shape index (κ3) is 4.10. The van der Waals surface area contributed by atoms with E-state index in [0.717, 1.165) is 41.3 Å². The van der Waals surface area contributed by atoms with E-state index >= 15 is 0 Å². The summed E-state index contributed by atoms with van der Waals surface area (Å²) >= 11 is 0. The summed E-state index contributed by atoms with van der Waals surface area (Å²) in [5, 5.41) is 2.93. The number of benzene rings is 2. The summed E-state index contributed by atoms with van der Waals surface area (Å²) in [5.41, 5.74) is 1.85. The van der Waals surface area contributed by atoms with E-state index in [1.165, 1.54) is 12.8 Å². The van der Waals surface area contributed by atoms with Gasteiger partial charge in [0.2, 0.25) is 12.7 Å².